The minimum Gasteiger partial charge on any atom is -0.304 e. The minimum atomic E-state index is -0.516. The Hall–Kier alpha value is -1.07. The van der Waals surface area contributed by atoms with Crippen molar-refractivity contribution in [3.8, 4) is 0 Å². The van der Waals surface area contributed by atoms with E-state index in [-0.39, 0.29) is 5.29 Å². The zero-order valence-corrected chi connectivity index (χ0v) is 6.15. The van der Waals surface area contributed by atoms with Crippen LogP contribution in [0.15, 0.2) is 20.0 Å². The van der Waals surface area contributed by atoms with Crippen LogP contribution in [0.4, 0.5) is 0 Å². The zero-order valence-electron chi connectivity index (χ0n) is 5.40. The molecule has 0 spiro atoms. The van der Waals surface area contributed by atoms with Gasteiger partial charge in [0.05, 0.1) is 0 Å². The summed E-state index contributed by atoms with van der Waals surface area (Å²) in [5.41, 5.74) is 6.12. The molecule has 0 amide bonds. The van der Waals surface area contributed by atoms with E-state index in [0.29, 0.717) is 11.5 Å². The maximum absolute atomic E-state index is 5.55. The summed E-state index contributed by atoms with van der Waals surface area (Å²) in [6, 6.07) is 0. The van der Waals surface area contributed by atoms with Crippen LogP contribution < -0.4 is 5.73 Å². The number of nitrogens with zero attached hydrogens (tertiary/aromatic N) is 4. The molecule has 0 saturated carbocycles. The van der Waals surface area contributed by atoms with Crippen molar-refractivity contribution in [3.05, 3.63) is 0 Å². The number of rotatable bonds is 0. The van der Waals surface area contributed by atoms with E-state index < -0.39 is 6.17 Å². The summed E-state index contributed by atoms with van der Waals surface area (Å²) in [4.78, 5) is 15.3. The Balaban J connectivity index is 2.46. The third kappa shape index (κ3) is 0.979. The van der Waals surface area contributed by atoms with Gasteiger partial charge in [-0.15, -0.1) is 0 Å². The van der Waals surface area contributed by atoms with Gasteiger partial charge >= 0.3 is 0 Å². The van der Waals surface area contributed by atoms with Crippen molar-refractivity contribution < 1.29 is 0 Å². The molecule has 0 radical (unpaired) electrons. The first kappa shape index (κ1) is 6.63. The molecule has 0 aromatic heterocycles. The lowest BCUT2D eigenvalue weighted by atomic mass is 10.3. The van der Waals surface area contributed by atoms with Gasteiger partial charge < -0.3 is 5.73 Å². The Morgan fingerprint density at radius 3 is 3.18 bits per heavy atom. The number of aliphatic imine (C=N–C) groups is 4. The molecule has 2 rings (SSSR count). The van der Waals surface area contributed by atoms with E-state index in [1.807, 2.05) is 0 Å². The second-order valence-corrected chi connectivity index (χ2v) is 2.38. The highest BCUT2D eigenvalue weighted by Gasteiger charge is 2.23. The van der Waals surface area contributed by atoms with Gasteiger partial charge in [-0.3, -0.25) is 0 Å². The number of fused-ring (bicyclic) bond motifs is 1. The second kappa shape index (κ2) is 2.21. The topological polar surface area (TPSA) is 75.5 Å². The molecule has 1 unspecified atom stereocenters. The van der Waals surface area contributed by atoms with Gasteiger partial charge in [0.25, 0.3) is 0 Å². The summed E-state index contributed by atoms with van der Waals surface area (Å²) in [7, 11) is 0. The van der Waals surface area contributed by atoms with E-state index in [9.17, 15) is 0 Å². The van der Waals surface area contributed by atoms with Crippen molar-refractivity contribution in [2.75, 3.05) is 0 Å². The number of hydrogen-bond donors (Lipinski definition) is 1. The molecule has 11 heavy (non-hydrogen) atoms. The highest BCUT2D eigenvalue weighted by Crippen LogP contribution is 2.08. The molecule has 0 aromatic carbocycles. The van der Waals surface area contributed by atoms with Gasteiger partial charge in [0.2, 0.25) is 5.29 Å². The van der Waals surface area contributed by atoms with Gasteiger partial charge in [-0.1, -0.05) is 0 Å². The number of amidine groups is 2. The molecule has 0 bridgehead atoms. The van der Waals surface area contributed by atoms with E-state index in [4.69, 9.17) is 17.3 Å². The highest BCUT2D eigenvalue weighted by molar-refractivity contribution is 6.68. The van der Waals surface area contributed by atoms with E-state index in [1.54, 1.807) is 0 Å². The Morgan fingerprint density at radius 1 is 1.55 bits per heavy atom. The first-order chi connectivity index (χ1) is 5.27. The van der Waals surface area contributed by atoms with Crippen LogP contribution in [0.5, 0.6) is 0 Å². The molecule has 56 valence electrons. The van der Waals surface area contributed by atoms with Gasteiger partial charge in [0.15, 0.2) is 5.84 Å². The summed E-state index contributed by atoms with van der Waals surface area (Å²) >= 11 is 5.53. The molecule has 2 N–H and O–H groups in total. The lowest BCUT2D eigenvalue weighted by Crippen LogP contribution is -2.35. The summed E-state index contributed by atoms with van der Waals surface area (Å²) in [5.74, 6) is 0.470. The van der Waals surface area contributed by atoms with Crippen LogP contribution >= 0.6 is 11.6 Å². The number of nitrogens with two attached hydrogens (primary N) is 1. The number of halogens is 1. The molecular weight excluding hydrogens is 166 g/mol. The van der Waals surface area contributed by atoms with Crippen LogP contribution in [0.2, 0.25) is 0 Å². The first-order valence-electron chi connectivity index (χ1n) is 2.95. The Bertz CT molecular complexity index is 313. The van der Waals surface area contributed by atoms with Gasteiger partial charge in [0.1, 0.15) is 18.2 Å². The van der Waals surface area contributed by atoms with Crippen molar-refractivity contribution in [3.63, 3.8) is 0 Å². The van der Waals surface area contributed by atoms with Crippen molar-refractivity contribution in [1.29, 1.82) is 0 Å². The molecule has 0 fully saturated rings. The van der Waals surface area contributed by atoms with Crippen LogP contribution in [0, 0.1) is 0 Å². The first-order valence-corrected chi connectivity index (χ1v) is 3.33. The maximum atomic E-state index is 5.55. The molecule has 2 aliphatic heterocycles. The van der Waals surface area contributed by atoms with E-state index >= 15 is 0 Å². The maximum Gasteiger partial charge on any atom is 0.221 e. The minimum absolute atomic E-state index is 0.130. The fourth-order valence-corrected chi connectivity index (χ4v) is 1.04. The molecule has 5 nitrogen and oxygen atoms in total. The summed E-state index contributed by atoms with van der Waals surface area (Å²) in [6.07, 6.45) is 0.872. The van der Waals surface area contributed by atoms with Crippen LogP contribution in [0.1, 0.15) is 0 Å². The van der Waals surface area contributed by atoms with E-state index in [1.165, 1.54) is 6.34 Å². The third-order valence-corrected chi connectivity index (χ3v) is 1.51. The predicted octanol–water partition coefficient (Wildman–Crippen LogP) is -0.239. The van der Waals surface area contributed by atoms with Crippen molar-refractivity contribution in [1.82, 2.24) is 0 Å². The van der Waals surface area contributed by atoms with Crippen LogP contribution in [-0.2, 0) is 0 Å². The Morgan fingerprint density at radius 2 is 2.36 bits per heavy atom. The van der Waals surface area contributed by atoms with E-state index in [0.717, 1.165) is 0 Å². The molecule has 2 heterocycles. The van der Waals surface area contributed by atoms with Crippen molar-refractivity contribution in [2.45, 2.75) is 6.17 Å². The second-order valence-electron chi connectivity index (χ2n) is 2.04. The fourth-order valence-electron chi connectivity index (χ4n) is 0.857. The van der Waals surface area contributed by atoms with Gasteiger partial charge in [-0.25, -0.2) is 15.0 Å². The summed E-state index contributed by atoms with van der Waals surface area (Å²) in [6.45, 7) is 0. The molecule has 0 aliphatic carbocycles. The fraction of sp³-hybridized carbons (Fsp3) is 0.200. The predicted molar refractivity (Wildman–Crippen MR) is 44.6 cm³/mol. The summed E-state index contributed by atoms with van der Waals surface area (Å²) in [5, 5.41) is 0.130. The molecular formula is C5H4ClN5. The monoisotopic (exact) mass is 169 g/mol. The zero-order chi connectivity index (χ0) is 7.84. The quantitative estimate of drug-likeness (QED) is 0.500. The molecule has 1 atom stereocenters. The standard InChI is InChI=1S/C5H4ClN5/c6-5-10-3(7)2-4(11-5)9-1-8-2/h1,3H,7H2. The Labute approximate surface area is 67.4 Å². The van der Waals surface area contributed by atoms with E-state index in [2.05, 4.69) is 20.0 Å². The lowest BCUT2D eigenvalue weighted by molar-refractivity contribution is 0.928. The number of hydrogen-bond acceptors (Lipinski definition) is 5. The largest absolute Gasteiger partial charge is 0.304 e. The third-order valence-electron chi connectivity index (χ3n) is 1.33. The average molecular weight is 170 g/mol. The average Bonchev–Trinajstić information content (AvgIpc) is 2.34. The molecule has 6 heteroatoms. The normalized spacial score (nSPS) is 27.5. The van der Waals surface area contributed by atoms with Crippen molar-refractivity contribution >= 4 is 34.8 Å². The van der Waals surface area contributed by atoms with Crippen molar-refractivity contribution in [2.24, 2.45) is 25.7 Å². The lowest BCUT2D eigenvalue weighted by Gasteiger charge is -2.10. The van der Waals surface area contributed by atoms with Crippen LogP contribution in [0.25, 0.3) is 0 Å². The van der Waals surface area contributed by atoms with Crippen LogP contribution in [0.3, 0.4) is 0 Å². The molecule has 2 aliphatic rings. The molecule has 0 aromatic rings. The smallest absolute Gasteiger partial charge is 0.221 e. The SMILES string of the molecule is NC1N=C(Cl)N=C2N=CN=C21. The highest BCUT2D eigenvalue weighted by atomic mass is 35.5. The molecule has 0 saturated heterocycles. The van der Waals surface area contributed by atoms with Crippen LogP contribution in [-0.4, -0.2) is 29.3 Å². The Kier molecular flexibility index (Phi) is 1.33. The van der Waals surface area contributed by atoms with Gasteiger partial charge in [-0.2, -0.15) is 4.99 Å². The summed E-state index contributed by atoms with van der Waals surface area (Å²) < 4.78 is 0. The van der Waals surface area contributed by atoms with Gasteiger partial charge in [0, 0.05) is 0 Å². The van der Waals surface area contributed by atoms with Gasteiger partial charge in [-0.05, 0) is 11.6 Å².